The average molecular weight is 390 g/mol. The molecule has 0 saturated carbocycles. The van der Waals surface area contributed by atoms with Gasteiger partial charge in [0.2, 0.25) is 0 Å². The number of para-hydroxylation sites is 1. The average Bonchev–Trinajstić information content (AvgIpc) is 3.18. The SMILES string of the molecule is O=C(c1cc2[nH]c(=O)c3ccccc3n2c1)N1CCN(c2cccc(F)c2)CC1. The summed E-state index contributed by atoms with van der Waals surface area (Å²) in [7, 11) is 0. The Balaban J connectivity index is 1.39. The van der Waals surface area contributed by atoms with Crippen LogP contribution >= 0.6 is 0 Å². The summed E-state index contributed by atoms with van der Waals surface area (Å²) in [6, 6.07) is 15.5. The van der Waals surface area contributed by atoms with Gasteiger partial charge in [0.15, 0.2) is 0 Å². The van der Waals surface area contributed by atoms with E-state index in [0.29, 0.717) is 42.8 Å². The minimum absolute atomic E-state index is 0.0717. The van der Waals surface area contributed by atoms with Crippen molar-refractivity contribution >= 4 is 28.1 Å². The van der Waals surface area contributed by atoms with Crippen LogP contribution in [0.5, 0.6) is 0 Å². The minimum atomic E-state index is -0.261. The van der Waals surface area contributed by atoms with Crippen molar-refractivity contribution in [1.29, 1.82) is 0 Å². The molecule has 2 aromatic carbocycles. The van der Waals surface area contributed by atoms with E-state index in [-0.39, 0.29) is 17.3 Å². The van der Waals surface area contributed by atoms with E-state index in [4.69, 9.17) is 0 Å². The molecule has 1 amide bonds. The molecule has 3 heterocycles. The lowest BCUT2D eigenvalue weighted by Gasteiger charge is -2.36. The zero-order valence-electron chi connectivity index (χ0n) is 15.6. The maximum atomic E-state index is 13.5. The normalized spacial score (nSPS) is 14.7. The molecular weight excluding hydrogens is 371 g/mol. The maximum Gasteiger partial charge on any atom is 0.258 e. The molecule has 146 valence electrons. The number of anilines is 1. The van der Waals surface area contributed by atoms with E-state index in [2.05, 4.69) is 9.88 Å². The van der Waals surface area contributed by atoms with Gasteiger partial charge in [-0.15, -0.1) is 0 Å². The first-order valence-electron chi connectivity index (χ1n) is 9.53. The van der Waals surface area contributed by atoms with E-state index in [1.54, 1.807) is 29.3 Å². The summed E-state index contributed by atoms with van der Waals surface area (Å²) in [5, 5.41) is 0.582. The van der Waals surface area contributed by atoms with Crippen molar-refractivity contribution in [2.24, 2.45) is 0 Å². The molecule has 1 aliphatic heterocycles. The monoisotopic (exact) mass is 390 g/mol. The third kappa shape index (κ3) is 3.04. The fourth-order valence-electron chi connectivity index (χ4n) is 3.96. The number of benzene rings is 2. The van der Waals surface area contributed by atoms with Gasteiger partial charge < -0.3 is 19.2 Å². The van der Waals surface area contributed by atoms with Crippen LogP contribution in [0.4, 0.5) is 10.1 Å². The standard InChI is InChI=1S/C22H19FN4O2/c23-16-4-3-5-17(13-16)25-8-10-26(11-9-25)22(29)15-12-20-24-21(28)18-6-1-2-7-19(18)27(20)14-15/h1-7,12-14H,8-11H2,(H,24,28). The van der Waals surface area contributed by atoms with Gasteiger partial charge in [-0.2, -0.15) is 0 Å². The summed E-state index contributed by atoms with van der Waals surface area (Å²) in [4.78, 5) is 32.0. The fourth-order valence-corrected chi connectivity index (χ4v) is 3.96. The molecule has 1 saturated heterocycles. The molecule has 0 unspecified atom stereocenters. The molecule has 29 heavy (non-hydrogen) atoms. The first-order chi connectivity index (χ1) is 14.1. The Kier molecular flexibility index (Phi) is 4.08. The van der Waals surface area contributed by atoms with E-state index in [9.17, 15) is 14.0 Å². The molecule has 5 rings (SSSR count). The number of amides is 1. The van der Waals surface area contributed by atoms with Crippen LogP contribution in [-0.2, 0) is 0 Å². The fraction of sp³-hybridized carbons (Fsp3) is 0.182. The molecule has 1 fully saturated rings. The van der Waals surface area contributed by atoms with Gasteiger partial charge in [-0.25, -0.2) is 4.39 Å². The number of hydrogen-bond acceptors (Lipinski definition) is 3. The highest BCUT2D eigenvalue weighted by atomic mass is 19.1. The third-order valence-corrected chi connectivity index (χ3v) is 5.46. The topological polar surface area (TPSA) is 60.8 Å². The zero-order chi connectivity index (χ0) is 20.0. The third-order valence-electron chi connectivity index (χ3n) is 5.46. The number of nitrogens with zero attached hydrogens (tertiary/aromatic N) is 3. The molecule has 2 aromatic heterocycles. The highest BCUT2D eigenvalue weighted by Gasteiger charge is 2.23. The van der Waals surface area contributed by atoms with Gasteiger partial charge >= 0.3 is 0 Å². The number of piperazine rings is 1. The Labute approximate surface area is 165 Å². The Bertz CT molecular complexity index is 1280. The van der Waals surface area contributed by atoms with Crippen LogP contribution in [0.2, 0.25) is 0 Å². The number of carbonyl (C=O) groups is 1. The highest BCUT2D eigenvalue weighted by Crippen LogP contribution is 2.20. The van der Waals surface area contributed by atoms with Crippen molar-refractivity contribution < 1.29 is 9.18 Å². The molecule has 0 bridgehead atoms. The molecule has 0 aliphatic carbocycles. The summed E-state index contributed by atoms with van der Waals surface area (Å²) in [5.74, 6) is -0.333. The van der Waals surface area contributed by atoms with Crippen LogP contribution in [0.25, 0.3) is 16.6 Å². The lowest BCUT2D eigenvalue weighted by Crippen LogP contribution is -2.48. The first kappa shape index (κ1) is 17.5. The van der Waals surface area contributed by atoms with Gasteiger partial charge in [-0.1, -0.05) is 18.2 Å². The summed E-state index contributed by atoms with van der Waals surface area (Å²) in [6.07, 6.45) is 1.77. The van der Waals surface area contributed by atoms with Gasteiger partial charge in [0.05, 0.1) is 16.5 Å². The Hall–Kier alpha value is -3.61. The van der Waals surface area contributed by atoms with E-state index < -0.39 is 0 Å². The molecule has 0 atom stereocenters. The van der Waals surface area contributed by atoms with Crippen LogP contribution in [0, 0.1) is 5.82 Å². The summed E-state index contributed by atoms with van der Waals surface area (Å²) in [6.45, 7) is 2.39. The summed E-state index contributed by atoms with van der Waals surface area (Å²) in [5.41, 5.74) is 2.55. The van der Waals surface area contributed by atoms with Gasteiger partial charge in [0, 0.05) is 38.1 Å². The van der Waals surface area contributed by atoms with Crippen molar-refractivity contribution in [1.82, 2.24) is 14.3 Å². The Morgan fingerprint density at radius 1 is 0.966 bits per heavy atom. The number of aromatic nitrogens is 2. The molecular formula is C22H19FN4O2. The lowest BCUT2D eigenvalue weighted by molar-refractivity contribution is 0.0747. The second-order valence-electron chi connectivity index (χ2n) is 7.21. The van der Waals surface area contributed by atoms with Crippen LogP contribution in [0.1, 0.15) is 10.4 Å². The molecule has 1 N–H and O–H groups in total. The number of aromatic amines is 1. The van der Waals surface area contributed by atoms with Crippen molar-refractivity contribution in [3.05, 3.63) is 82.5 Å². The molecule has 4 aromatic rings. The number of nitrogens with one attached hydrogen (secondary N) is 1. The molecule has 7 heteroatoms. The zero-order valence-corrected chi connectivity index (χ0v) is 15.6. The number of rotatable bonds is 2. The van der Waals surface area contributed by atoms with Crippen molar-refractivity contribution in [2.75, 3.05) is 31.1 Å². The molecule has 1 aliphatic rings. The quantitative estimate of drug-likeness (QED) is 0.573. The summed E-state index contributed by atoms with van der Waals surface area (Å²) >= 11 is 0. The second-order valence-corrected chi connectivity index (χ2v) is 7.21. The maximum absolute atomic E-state index is 13.5. The number of carbonyl (C=O) groups excluding carboxylic acids is 1. The number of hydrogen-bond donors (Lipinski definition) is 1. The van der Waals surface area contributed by atoms with Crippen LogP contribution in [0.3, 0.4) is 0 Å². The van der Waals surface area contributed by atoms with E-state index in [1.807, 2.05) is 28.7 Å². The van der Waals surface area contributed by atoms with Crippen molar-refractivity contribution in [3.8, 4) is 0 Å². The number of fused-ring (bicyclic) bond motifs is 3. The first-order valence-corrected chi connectivity index (χ1v) is 9.53. The second kappa shape index (κ2) is 6.77. The van der Waals surface area contributed by atoms with Crippen LogP contribution in [-0.4, -0.2) is 46.4 Å². The predicted octanol–water partition coefficient (Wildman–Crippen LogP) is 2.88. The lowest BCUT2D eigenvalue weighted by atomic mass is 10.2. The van der Waals surface area contributed by atoms with E-state index >= 15 is 0 Å². The van der Waals surface area contributed by atoms with Gasteiger partial charge in [0.1, 0.15) is 11.5 Å². The van der Waals surface area contributed by atoms with E-state index in [1.165, 1.54) is 12.1 Å². The van der Waals surface area contributed by atoms with Crippen molar-refractivity contribution in [2.45, 2.75) is 0 Å². The molecule has 6 nitrogen and oxygen atoms in total. The van der Waals surface area contributed by atoms with Gasteiger partial charge in [0.25, 0.3) is 11.5 Å². The van der Waals surface area contributed by atoms with E-state index in [0.717, 1.165) is 11.2 Å². The molecule has 0 radical (unpaired) electrons. The largest absolute Gasteiger partial charge is 0.368 e. The number of halogens is 1. The minimum Gasteiger partial charge on any atom is -0.368 e. The van der Waals surface area contributed by atoms with Crippen LogP contribution < -0.4 is 10.5 Å². The summed E-state index contributed by atoms with van der Waals surface area (Å²) < 4.78 is 15.3. The Morgan fingerprint density at radius 3 is 2.55 bits per heavy atom. The van der Waals surface area contributed by atoms with Gasteiger partial charge in [-0.3, -0.25) is 9.59 Å². The molecule has 0 spiro atoms. The highest BCUT2D eigenvalue weighted by molar-refractivity contribution is 5.96. The van der Waals surface area contributed by atoms with Gasteiger partial charge in [-0.05, 0) is 36.4 Å². The van der Waals surface area contributed by atoms with Crippen LogP contribution in [0.15, 0.2) is 65.6 Å². The van der Waals surface area contributed by atoms with Crippen molar-refractivity contribution in [3.63, 3.8) is 0 Å². The Morgan fingerprint density at radius 2 is 1.76 bits per heavy atom. The smallest absolute Gasteiger partial charge is 0.258 e. The predicted molar refractivity (Wildman–Crippen MR) is 110 cm³/mol. The number of H-pyrrole nitrogens is 1.